The maximum atomic E-state index is 11.7. The molecule has 0 amide bonds. The highest BCUT2D eigenvalue weighted by atomic mass is 16.6. The largest absolute Gasteiger partial charge is 0.481 e. The van der Waals surface area contributed by atoms with E-state index in [0.717, 1.165) is 24.1 Å². The van der Waals surface area contributed by atoms with E-state index in [1.165, 1.54) is 19.5 Å². The van der Waals surface area contributed by atoms with Crippen molar-refractivity contribution in [2.24, 2.45) is 5.92 Å². The number of benzene rings is 1. The second-order valence-corrected chi connectivity index (χ2v) is 7.71. The third kappa shape index (κ3) is 2.07. The van der Waals surface area contributed by atoms with Gasteiger partial charge in [0, 0.05) is 44.6 Å². The predicted octanol–water partition coefficient (Wildman–Crippen LogP) is 2.42. The molecule has 1 saturated heterocycles. The molecule has 4 atom stereocenters. The van der Waals surface area contributed by atoms with E-state index in [2.05, 4.69) is 24.1 Å². The highest BCUT2D eigenvalue weighted by Gasteiger charge is 2.63. The number of hydrogen-bond acceptors (Lipinski definition) is 6. The fourth-order valence-electron chi connectivity index (χ4n) is 5.25. The number of esters is 2. The summed E-state index contributed by atoms with van der Waals surface area (Å²) in [6, 6.07) is 3.77. The molecule has 4 unspecified atom stereocenters. The fourth-order valence-corrected chi connectivity index (χ4v) is 5.25. The van der Waals surface area contributed by atoms with Gasteiger partial charge in [-0.25, -0.2) is 0 Å². The number of nitrogens with zero attached hydrogens (tertiary/aromatic N) is 1. The summed E-state index contributed by atoms with van der Waals surface area (Å²) in [7, 11) is 2.11. The van der Waals surface area contributed by atoms with Crippen LogP contribution in [0.5, 0.6) is 11.5 Å². The number of allylic oxidation sites excluding steroid dienone is 1. The normalized spacial score (nSPS) is 31.6. The van der Waals surface area contributed by atoms with Crippen LogP contribution in [-0.2, 0) is 19.7 Å². The Morgan fingerprint density at radius 2 is 2.04 bits per heavy atom. The van der Waals surface area contributed by atoms with Gasteiger partial charge in [-0.05, 0) is 30.2 Å². The van der Waals surface area contributed by atoms with Crippen molar-refractivity contribution in [2.45, 2.75) is 37.9 Å². The van der Waals surface area contributed by atoms with Crippen LogP contribution in [0.2, 0.25) is 0 Å². The third-order valence-electron chi connectivity index (χ3n) is 6.20. The SMILES string of the molecule is CC(=O)Oc1ccc2c3c1OC1C(OC(C)=O)C=CC4C(=C2)N(C)CCC341. The quantitative estimate of drug-likeness (QED) is 0.454. The van der Waals surface area contributed by atoms with E-state index < -0.39 is 6.10 Å². The van der Waals surface area contributed by atoms with Crippen molar-refractivity contribution < 1.29 is 23.8 Å². The van der Waals surface area contributed by atoms with Crippen molar-refractivity contribution in [1.82, 2.24) is 4.90 Å². The number of rotatable bonds is 2. The molecule has 2 aliphatic carbocycles. The van der Waals surface area contributed by atoms with E-state index in [1.807, 2.05) is 12.1 Å². The number of hydrogen-bond donors (Lipinski definition) is 0. The molecule has 0 aromatic heterocycles. The van der Waals surface area contributed by atoms with E-state index in [-0.39, 0.29) is 29.4 Å². The van der Waals surface area contributed by atoms with Crippen molar-refractivity contribution in [3.8, 4) is 11.5 Å². The average Bonchev–Trinajstić information content (AvgIpc) is 2.95. The van der Waals surface area contributed by atoms with Gasteiger partial charge in [0.2, 0.25) is 0 Å². The van der Waals surface area contributed by atoms with Crippen LogP contribution in [0, 0.1) is 5.92 Å². The van der Waals surface area contributed by atoms with Crippen LogP contribution in [0.15, 0.2) is 30.0 Å². The molecule has 1 aromatic carbocycles. The Morgan fingerprint density at radius 1 is 1.22 bits per heavy atom. The molecular weight excluding hydrogens is 346 g/mol. The topological polar surface area (TPSA) is 65.1 Å². The van der Waals surface area contributed by atoms with Crippen LogP contribution in [0.1, 0.15) is 31.4 Å². The van der Waals surface area contributed by atoms with Crippen molar-refractivity contribution in [2.75, 3.05) is 13.6 Å². The molecule has 2 aliphatic heterocycles. The minimum atomic E-state index is -0.466. The molecule has 2 heterocycles. The second-order valence-electron chi connectivity index (χ2n) is 7.71. The first-order valence-corrected chi connectivity index (χ1v) is 9.22. The van der Waals surface area contributed by atoms with E-state index in [0.29, 0.717) is 11.5 Å². The van der Waals surface area contributed by atoms with Crippen molar-refractivity contribution in [1.29, 1.82) is 0 Å². The zero-order chi connectivity index (χ0) is 18.9. The van der Waals surface area contributed by atoms with Crippen LogP contribution in [0.25, 0.3) is 6.08 Å². The first-order chi connectivity index (χ1) is 12.9. The van der Waals surface area contributed by atoms with Gasteiger partial charge in [-0.2, -0.15) is 0 Å². The minimum absolute atomic E-state index is 0.148. The standard InChI is InChI=1S/C21H21NO5/c1-11(23)25-16-6-4-13-10-15-14-5-7-17(26-12(2)24)20-21(14,8-9-22(15)3)18(13)19(16)27-20/h4-7,10,14,17,20H,8-9H2,1-3H3. The van der Waals surface area contributed by atoms with Gasteiger partial charge < -0.3 is 19.1 Å². The number of piperidine rings is 1. The van der Waals surface area contributed by atoms with Gasteiger partial charge in [0.15, 0.2) is 23.7 Å². The third-order valence-corrected chi connectivity index (χ3v) is 6.20. The van der Waals surface area contributed by atoms with Crippen LogP contribution in [-0.4, -0.2) is 42.6 Å². The molecule has 1 fully saturated rings. The van der Waals surface area contributed by atoms with Gasteiger partial charge in [-0.3, -0.25) is 9.59 Å². The van der Waals surface area contributed by atoms with Gasteiger partial charge in [-0.15, -0.1) is 0 Å². The van der Waals surface area contributed by atoms with Gasteiger partial charge >= 0.3 is 11.9 Å². The summed E-state index contributed by atoms with van der Waals surface area (Å²) in [6.07, 6.45) is 6.35. The molecule has 2 bridgehead atoms. The summed E-state index contributed by atoms with van der Waals surface area (Å²) in [4.78, 5) is 25.5. The summed E-state index contributed by atoms with van der Waals surface area (Å²) in [5.41, 5.74) is 3.09. The number of likely N-dealkylation sites (tertiary alicyclic amines) is 1. The van der Waals surface area contributed by atoms with E-state index in [9.17, 15) is 9.59 Å². The summed E-state index contributed by atoms with van der Waals surface area (Å²) in [5, 5.41) is 0. The molecule has 1 spiro atoms. The van der Waals surface area contributed by atoms with Gasteiger partial charge in [0.05, 0.1) is 5.41 Å². The lowest BCUT2D eigenvalue weighted by Gasteiger charge is -2.53. The van der Waals surface area contributed by atoms with E-state index in [4.69, 9.17) is 14.2 Å². The first-order valence-electron chi connectivity index (χ1n) is 9.22. The molecule has 6 nitrogen and oxygen atoms in total. The molecule has 6 heteroatoms. The van der Waals surface area contributed by atoms with Crippen molar-refractivity contribution in [3.05, 3.63) is 41.1 Å². The lowest BCUT2D eigenvalue weighted by Crippen LogP contribution is -2.59. The highest BCUT2D eigenvalue weighted by molar-refractivity contribution is 5.77. The van der Waals surface area contributed by atoms with E-state index >= 15 is 0 Å². The zero-order valence-electron chi connectivity index (χ0n) is 15.5. The molecule has 1 aromatic rings. The molecule has 5 rings (SSSR count). The van der Waals surface area contributed by atoms with Crippen LogP contribution >= 0.6 is 0 Å². The summed E-state index contributed by atoms with van der Waals surface area (Å²) < 4.78 is 17.4. The Morgan fingerprint density at radius 3 is 2.78 bits per heavy atom. The lowest BCUT2D eigenvalue weighted by molar-refractivity contribution is -0.150. The Hall–Kier alpha value is -2.76. The Bertz CT molecular complexity index is 933. The Labute approximate surface area is 157 Å². The number of carbonyl (C=O) groups excluding carboxylic acids is 2. The van der Waals surface area contributed by atoms with Crippen LogP contribution in [0.3, 0.4) is 0 Å². The van der Waals surface area contributed by atoms with Crippen molar-refractivity contribution >= 4 is 18.0 Å². The first kappa shape index (κ1) is 16.4. The molecule has 27 heavy (non-hydrogen) atoms. The molecule has 0 saturated carbocycles. The highest BCUT2D eigenvalue weighted by Crippen LogP contribution is 2.63. The monoisotopic (exact) mass is 367 g/mol. The Kier molecular flexibility index (Phi) is 3.27. The van der Waals surface area contributed by atoms with Crippen LogP contribution in [0.4, 0.5) is 0 Å². The maximum Gasteiger partial charge on any atom is 0.308 e. The molecule has 140 valence electrons. The summed E-state index contributed by atoms with van der Waals surface area (Å²) in [5.74, 6) is 0.469. The molecule has 0 radical (unpaired) electrons. The summed E-state index contributed by atoms with van der Waals surface area (Å²) >= 11 is 0. The van der Waals surface area contributed by atoms with Gasteiger partial charge in [0.25, 0.3) is 0 Å². The average molecular weight is 367 g/mol. The summed E-state index contributed by atoms with van der Waals surface area (Å²) in [6.45, 7) is 3.68. The van der Waals surface area contributed by atoms with E-state index in [1.54, 1.807) is 6.07 Å². The predicted molar refractivity (Wildman–Crippen MR) is 97.3 cm³/mol. The Balaban J connectivity index is 1.74. The van der Waals surface area contributed by atoms with Gasteiger partial charge in [0.1, 0.15) is 0 Å². The lowest BCUT2D eigenvalue weighted by atomic mass is 9.56. The molecule has 4 aliphatic rings. The minimum Gasteiger partial charge on any atom is -0.481 e. The number of carbonyl (C=O) groups is 2. The van der Waals surface area contributed by atoms with Gasteiger partial charge in [-0.1, -0.05) is 12.1 Å². The smallest absolute Gasteiger partial charge is 0.308 e. The number of ether oxygens (including phenoxy) is 3. The van der Waals surface area contributed by atoms with Crippen molar-refractivity contribution in [3.63, 3.8) is 0 Å². The fraction of sp³-hybridized carbons (Fsp3) is 0.429. The zero-order valence-corrected chi connectivity index (χ0v) is 15.5. The molecular formula is C21H21NO5. The second kappa shape index (κ2) is 5.38. The van der Waals surface area contributed by atoms with Crippen LogP contribution < -0.4 is 9.47 Å². The maximum absolute atomic E-state index is 11.7. The molecule has 0 N–H and O–H groups in total.